The fourth-order valence-electron chi connectivity index (χ4n) is 5.53. The molecule has 11 nitrogen and oxygen atoms in total. The van der Waals surface area contributed by atoms with E-state index in [4.69, 9.17) is 25.0 Å². The van der Waals surface area contributed by atoms with Crippen molar-refractivity contribution in [2.24, 2.45) is 5.84 Å². The van der Waals surface area contributed by atoms with E-state index in [1.807, 2.05) is 77.9 Å². The van der Waals surface area contributed by atoms with Gasteiger partial charge in [-0.25, -0.2) is 30.7 Å². The summed E-state index contributed by atoms with van der Waals surface area (Å²) in [6.45, 7) is 14.7. The van der Waals surface area contributed by atoms with Crippen LogP contribution in [0.25, 0.3) is 17.0 Å². The van der Waals surface area contributed by atoms with Gasteiger partial charge in [-0.1, -0.05) is 96.1 Å². The number of carbonyl (C=O) groups is 4. The lowest BCUT2D eigenvalue weighted by molar-refractivity contribution is -0.150. The average Bonchev–Trinajstić information content (AvgIpc) is 3.19. The molecule has 3 aromatic rings. The molecule has 2 amide bonds. The van der Waals surface area contributed by atoms with E-state index < -0.39 is 46.8 Å². The Kier molecular flexibility index (Phi) is 20.4. The molecule has 1 aromatic heterocycles. The Morgan fingerprint density at radius 3 is 2.15 bits per heavy atom. The van der Waals surface area contributed by atoms with Crippen LogP contribution in [0.15, 0.2) is 76.7 Å². The highest BCUT2D eigenvalue weighted by atomic mass is 32.3. The molecule has 2 N–H and O–H groups in total. The van der Waals surface area contributed by atoms with E-state index in [1.165, 1.54) is 12.7 Å². The van der Waals surface area contributed by atoms with Crippen LogP contribution in [0.4, 0.5) is 4.79 Å². The minimum Gasteiger partial charge on any atom is -0.448 e. The van der Waals surface area contributed by atoms with E-state index in [2.05, 4.69) is 30.7 Å². The number of nitrogens with two attached hydrogens (primary N) is 1. The van der Waals surface area contributed by atoms with Crippen molar-refractivity contribution in [3.63, 3.8) is 0 Å². The average molecular weight is 753 g/mol. The summed E-state index contributed by atoms with van der Waals surface area (Å²) >= 11 is 0. The highest BCUT2D eigenvalue weighted by Gasteiger charge is 2.31. The second-order valence-corrected chi connectivity index (χ2v) is 15.7. The molecule has 53 heavy (non-hydrogen) atoms. The van der Waals surface area contributed by atoms with Gasteiger partial charge in [0.15, 0.2) is 12.4 Å². The number of nitrogens with zero attached hydrogens (tertiary/aromatic N) is 3. The van der Waals surface area contributed by atoms with Crippen LogP contribution < -0.4 is 5.84 Å². The Labute approximate surface area is 317 Å². The Morgan fingerprint density at radius 2 is 1.57 bits per heavy atom. The number of aromatic nitrogens is 1. The van der Waals surface area contributed by atoms with Crippen LogP contribution in [0.5, 0.6) is 0 Å². The molecule has 2 heterocycles. The maximum absolute atomic E-state index is 14.0. The Bertz CT molecular complexity index is 1710. The highest BCUT2D eigenvalue weighted by molar-refractivity contribution is 8.32. The van der Waals surface area contributed by atoms with Gasteiger partial charge >= 0.3 is 12.1 Å². The minimum atomic E-state index is -1.50. The van der Waals surface area contributed by atoms with Gasteiger partial charge in [0.25, 0.3) is 5.91 Å². The van der Waals surface area contributed by atoms with Gasteiger partial charge in [0, 0.05) is 47.9 Å². The van der Waals surface area contributed by atoms with Gasteiger partial charge in [-0.05, 0) is 44.1 Å². The van der Waals surface area contributed by atoms with Gasteiger partial charge in [-0.3, -0.25) is 14.4 Å². The summed E-state index contributed by atoms with van der Waals surface area (Å²) in [6, 6.07) is 18.2. The van der Waals surface area contributed by atoms with Gasteiger partial charge in [0.05, 0.1) is 29.5 Å². The first-order valence-electron chi connectivity index (χ1n) is 18.1. The number of hydrogen-bond acceptors (Lipinski definition) is 9. The fourth-order valence-corrected chi connectivity index (χ4v) is 8.30. The number of fused-ring (bicyclic) bond motifs is 2. The Morgan fingerprint density at radius 1 is 0.962 bits per heavy atom. The third-order valence-electron chi connectivity index (χ3n) is 7.51. The molecule has 292 valence electrons. The van der Waals surface area contributed by atoms with Crippen molar-refractivity contribution < 1.29 is 33.4 Å². The molecule has 12 heteroatoms. The molecule has 1 aliphatic heterocycles. The zero-order valence-corrected chi connectivity index (χ0v) is 34.4. The zero-order chi connectivity index (χ0) is 40.3. The second kappa shape index (κ2) is 23.2. The first kappa shape index (κ1) is 46.5. The zero-order valence-electron chi connectivity index (χ0n) is 33.6. The highest BCUT2D eigenvalue weighted by Crippen LogP contribution is 2.56. The number of ether oxygens (including phenoxy) is 3. The number of likely N-dealkylation sites (N-methyl/N-ethyl adjacent to an activating group) is 1. The Hall–Kier alpha value is -4.52. The number of aldehydes is 1. The summed E-state index contributed by atoms with van der Waals surface area (Å²) < 4.78 is 15.9. The van der Waals surface area contributed by atoms with Crippen molar-refractivity contribution in [2.45, 2.75) is 84.8 Å². The van der Waals surface area contributed by atoms with E-state index in [0.717, 1.165) is 27.1 Å². The molecular weight excluding hydrogens is 693 g/mol. The van der Waals surface area contributed by atoms with Crippen LogP contribution in [0.1, 0.15) is 72.2 Å². The number of pyridine rings is 1. The fraction of sp³-hybridized carbons (Fsp3) is 0.439. The lowest BCUT2D eigenvalue weighted by Gasteiger charge is -2.36. The number of methoxy groups -OCH3 is 1. The number of hydrazine groups is 1. The molecule has 4 rings (SSSR count). The van der Waals surface area contributed by atoms with Gasteiger partial charge < -0.3 is 19.1 Å². The van der Waals surface area contributed by atoms with Crippen molar-refractivity contribution in [1.82, 2.24) is 14.9 Å². The number of para-hydroxylation sites is 1. The van der Waals surface area contributed by atoms with Crippen molar-refractivity contribution in [3.05, 3.63) is 88.6 Å². The topological polar surface area (TPSA) is 141 Å². The maximum Gasteiger partial charge on any atom is 0.424 e. The van der Waals surface area contributed by atoms with Crippen molar-refractivity contribution in [1.29, 1.82) is 0 Å². The van der Waals surface area contributed by atoms with Crippen molar-refractivity contribution in [2.75, 3.05) is 39.8 Å². The summed E-state index contributed by atoms with van der Waals surface area (Å²) in [4.78, 5) is 59.1. The summed E-state index contributed by atoms with van der Waals surface area (Å²) in [5.41, 5.74) is 3.79. The number of esters is 1. The van der Waals surface area contributed by atoms with E-state index in [0.29, 0.717) is 17.0 Å². The molecule has 2 aromatic carbocycles. The number of benzene rings is 2. The number of hydrogen-bond donors (Lipinski definition) is 1. The minimum absolute atomic E-state index is 0.126. The molecular formula is C41H60N4O7S. The van der Waals surface area contributed by atoms with E-state index in [9.17, 15) is 19.2 Å². The molecule has 0 spiro atoms. The maximum atomic E-state index is 14.0. The summed E-state index contributed by atoms with van der Waals surface area (Å²) in [5, 5.41) is 1.57. The van der Waals surface area contributed by atoms with E-state index >= 15 is 0 Å². The smallest absolute Gasteiger partial charge is 0.424 e. The standard InChI is InChI=1S/C35H42N4O7S.3C2H6/c1-23(2)45-35(43)39(36)19-32(41)46-31(20-40)25-16-17-30-27(18-38(3)34(42)28(25)21-44-4)33(26-14-10-11-15-29(26)37-30)47(5,6)22-24-12-8-7-9-13-24;3*1-2/h7-17,20,23,31H,18-19,21-22,36H2,1-6H3;3*1-2H3/b17-16+,28-25+;;;. The van der Waals surface area contributed by atoms with E-state index in [-0.39, 0.29) is 24.3 Å². The predicted molar refractivity (Wildman–Crippen MR) is 217 cm³/mol. The molecule has 0 bridgehead atoms. The quantitative estimate of drug-likeness (QED) is 0.0686. The molecule has 1 atom stereocenters. The van der Waals surface area contributed by atoms with Crippen LogP contribution in [-0.4, -0.2) is 91.2 Å². The molecule has 0 aliphatic carbocycles. The molecule has 0 saturated heterocycles. The summed E-state index contributed by atoms with van der Waals surface area (Å²) in [7, 11) is 1.62. The lowest BCUT2D eigenvalue weighted by Crippen LogP contribution is -2.44. The van der Waals surface area contributed by atoms with E-state index in [1.54, 1.807) is 37.9 Å². The van der Waals surface area contributed by atoms with Crippen LogP contribution in [0, 0.1) is 0 Å². The molecule has 0 radical (unpaired) electrons. The number of rotatable bonds is 11. The van der Waals surface area contributed by atoms with Crippen LogP contribution in [0.3, 0.4) is 0 Å². The van der Waals surface area contributed by atoms with Crippen molar-refractivity contribution in [3.8, 4) is 0 Å². The largest absolute Gasteiger partial charge is 0.448 e. The second-order valence-electron chi connectivity index (χ2n) is 12.0. The van der Waals surface area contributed by atoms with Crippen molar-refractivity contribution >= 4 is 51.3 Å². The molecule has 0 saturated carbocycles. The summed E-state index contributed by atoms with van der Waals surface area (Å²) in [6.07, 6.45) is 5.38. The van der Waals surface area contributed by atoms with Crippen LogP contribution >= 0.6 is 10.0 Å². The predicted octanol–water partition coefficient (Wildman–Crippen LogP) is 7.70. The van der Waals surface area contributed by atoms with Gasteiger partial charge in [0.1, 0.15) is 6.54 Å². The third kappa shape index (κ3) is 12.8. The molecule has 0 fully saturated rings. The lowest BCUT2D eigenvalue weighted by atomic mass is 10.0. The first-order valence-corrected chi connectivity index (χ1v) is 20.7. The van der Waals surface area contributed by atoms with Gasteiger partial charge in [-0.2, -0.15) is 0 Å². The van der Waals surface area contributed by atoms with Gasteiger partial charge in [-0.15, -0.1) is 0 Å². The normalized spacial score (nSPS) is 15.3. The monoisotopic (exact) mass is 752 g/mol. The molecule has 1 aliphatic rings. The van der Waals surface area contributed by atoms with Crippen LogP contribution in [0.2, 0.25) is 0 Å². The SMILES string of the molecule is CC.CC.CC.COC/C1=C(C(C=O)OC(=O)CN(N)C(=O)OC(C)C)/C=C/c2nc3ccccc3c(S(C)(C)Cc3ccccc3)c2CN(C)C1=O. The summed E-state index contributed by atoms with van der Waals surface area (Å²) in [5.74, 6) is 5.14. The number of carbonyl (C=O) groups excluding carboxylic acids is 4. The van der Waals surface area contributed by atoms with Gasteiger partial charge in [0.2, 0.25) is 0 Å². The first-order chi connectivity index (χ1) is 25.4. The van der Waals surface area contributed by atoms with Crippen LogP contribution in [-0.2, 0) is 40.9 Å². The number of amides is 2. The molecule has 1 unspecified atom stereocenters. The third-order valence-corrected chi connectivity index (χ3v) is 10.1. The Balaban J connectivity index is 0.00000222.